The van der Waals surface area contributed by atoms with E-state index < -0.39 is 0 Å². The summed E-state index contributed by atoms with van der Waals surface area (Å²) in [4.78, 5) is 44.2. The number of piperazine rings is 1. The van der Waals surface area contributed by atoms with Crippen LogP contribution in [0.1, 0.15) is 23.3 Å². The minimum atomic E-state index is -0.223. The third kappa shape index (κ3) is 4.91. The summed E-state index contributed by atoms with van der Waals surface area (Å²) in [5.41, 5.74) is 2.11. The fraction of sp³-hybridized carbons (Fsp3) is 0.292. The first-order valence-electron chi connectivity index (χ1n) is 10.6. The molecule has 3 amide bonds. The average Bonchev–Trinajstić information content (AvgIpc) is 3.26. The third-order valence-corrected chi connectivity index (χ3v) is 5.60. The number of H-pyrrole nitrogens is 1. The van der Waals surface area contributed by atoms with Crippen molar-refractivity contribution in [2.75, 3.05) is 38.6 Å². The topological polar surface area (TPSA) is 94.7 Å². The van der Waals surface area contributed by atoms with Crippen LogP contribution in [0.2, 0.25) is 0 Å². The summed E-state index contributed by atoms with van der Waals surface area (Å²) < 4.78 is 5.14. The summed E-state index contributed by atoms with van der Waals surface area (Å²) in [6.45, 7) is 1.86. The Morgan fingerprint density at radius 3 is 2.44 bits per heavy atom. The molecular weight excluding hydrogens is 408 g/mol. The molecule has 2 N–H and O–H groups in total. The largest absolute Gasteiger partial charge is 0.497 e. The number of benzene rings is 2. The number of rotatable bonds is 6. The highest BCUT2D eigenvalue weighted by Gasteiger charge is 2.25. The number of nitrogens with one attached hydrogen (secondary N) is 2. The molecule has 8 nitrogen and oxygen atoms in total. The van der Waals surface area contributed by atoms with Gasteiger partial charge in [0.15, 0.2) is 0 Å². The predicted octanol–water partition coefficient (Wildman–Crippen LogP) is 2.88. The van der Waals surface area contributed by atoms with Crippen LogP contribution in [-0.2, 0) is 9.59 Å². The Bertz CT molecular complexity index is 1100. The molecule has 0 spiro atoms. The number of fused-ring (bicyclic) bond motifs is 1. The summed E-state index contributed by atoms with van der Waals surface area (Å²) in [7, 11) is 1.56. The summed E-state index contributed by atoms with van der Waals surface area (Å²) in [6, 6.07) is 16.7. The van der Waals surface area contributed by atoms with E-state index in [0.29, 0.717) is 43.3 Å². The van der Waals surface area contributed by atoms with E-state index in [1.54, 1.807) is 41.2 Å². The number of hydrogen-bond acceptors (Lipinski definition) is 4. The SMILES string of the molecule is COc1cccc(NC(=O)CCC(=O)N2CCN(C(=O)c3cc4ccccc4[nH]3)CC2)c1. The van der Waals surface area contributed by atoms with Crippen LogP contribution in [0.15, 0.2) is 54.6 Å². The Morgan fingerprint density at radius 2 is 1.69 bits per heavy atom. The molecule has 166 valence electrons. The van der Waals surface area contributed by atoms with Gasteiger partial charge in [0.2, 0.25) is 11.8 Å². The van der Waals surface area contributed by atoms with Crippen LogP contribution >= 0.6 is 0 Å². The number of nitrogens with zero attached hydrogens (tertiary/aromatic N) is 2. The van der Waals surface area contributed by atoms with E-state index >= 15 is 0 Å². The van der Waals surface area contributed by atoms with Gasteiger partial charge < -0.3 is 24.8 Å². The Balaban J connectivity index is 1.24. The number of aromatic nitrogens is 1. The maximum absolute atomic E-state index is 12.8. The molecule has 0 atom stereocenters. The number of anilines is 1. The zero-order valence-electron chi connectivity index (χ0n) is 18.0. The van der Waals surface area contributed by atoms with Crippen LogP contribution in [0, 0.1) is 0 Å². The van der Waals surface area contributed by atoms with E-state index in [2.05, 4.69) is 10.3 Å². The summed E-state index contributed by atoms with van der Waals surface area (Å²) >= 11 is 0. The van der Waals surface area contributed by atoms with E-state index in [9.17, 15) is 14.4 Å². The smallest absolute Gasteiger partial charge is 0.270 e. The molecule has 0 aliphatic carbocycles. The quantitative estimate of drug-likeness (QED) is 0.624. The molecule has 4 rings (SSSR count). The van der Waals surface area contributed by atoms with E-state index in [4.69, 9.17) is 4.74 Å². The van der Waals surface area contributed by atoms with Gasteiger partial charge >= 0.3 is 0 Å². The van der Waals surface area contributed by atoms with Crippen LogP contribution in [0.4, 0.5) is 5.69 Å². The molecule has 0 radical (unpaired) electrons. The van der Waals surface area contributed by atoms with Gasteiger partial charge in [0.1, 0.15) is 11.4 Å². The molecule has 0 unspecified atom stereocenters. The van der Waals surface area contributed by atoms with Gasteiger partial charge in [0.25, 0.3) is 5.91 Å². The molecule has 0 saturated carbocycles. The second-order valence-corrected chi connectivity index (χ2v) is 7.72. The van der Waals surface area contributed by atoms with Gasteiger partial charge in [-0.2, -0.15) is 0 Å². The normalized spacial score (nSPS) is 13.8. The lowest BCUT2D eigenvalue weighted by molar-refractivity contribution is -0.134. The Labute approximate surface area is 186 Å². The van der Waals surface area contributed by atoms with Crippen LogP contribution in [0.3, 0.4) is 0 Å². The monoisotopic (exact) mass is 434 g/mol. The number of ether oxygens (including phenoxy) is 1. The van der Waals surface area contributed by atoms with E-state index in [-0.39, 0.29) is 30.6 Å². The van der Waals surface area contributed by atoms with Crippen molar-refractivity contribution in [2.24, 2.45) is 0 Å². The molecule has 1 fully saturated rings. The minimum Gasteiger partial charge on any atom is -0.497 e. The lowest BCUT2D eigenvalue weighted by Crippen LogP contribution is -2.50. The zero-order valence-corrected chi connectivity index (χ0v) is 18.0. The van der Waals surface area contributed by atoms with Crippen molar-refractivity contribution < 1.29 is 19.1 Å². The van der Waals surface area contributed by atoms with Gasteiger partial charge in [-0.1, -0.05) is 24.3 Å². The molecule has 8 heteroatoms. The number of carbonyl (C=O) groups excluding carboxylic acids is 3. The maximum atomic E-state index is 12.8. The van der Waals surface area contributed by atoms with Crippen molar-refractivity contribution in [1.29, 1.82) is 0 Å². The van der Waals surface area contributed by atoms with Crippen LogP contribution in [0.25, 0.3) is 10.9 Å². The van der Waals surface area contributed by atoms with Crippen molar-refractivity contribution in [1.82, 2.24) is 14.8 Å². The molecule has 1 saturated heterocycles. The first kappa shape index (κ1) is 21.4. The highest BCUT2D eigenvalue weighted by atomic mass is 16.5. The molecule has 0 bridgehead atoms. The lowest BCUT2D eigenvalue weighted by Gasteiger charge is -2.34. The number of aromatic amines is 1. The second kappa shape index (κ2) is 9.55. The van der Waals surface area contributed by atoms with Crippen molar-refractivity contribution in [3.63, 3.8) is 0 Å². The molecule has 2 heterocycles. The lowest BCUT2D eigenvalue weighted by atomic mass is 10.2. The van der Waals surface area contributed by atoms with E-state index in [1.807, 2.05) is 30.3 Å². The summed E-state index contributed by atoms with van der Waals surface area (Å²) in [5, 5.41) is 3.78. The maximum Gasteiger partial charge on any atom is 0.270 e. The summed E-state index contributed by atoms with van der Waals surface area (Å²) in [6.07, 6.45) is 0.232. The van der Waals surface area contributed by atoms with Crippen molar-refractivity contribution in [2.45, 2.75) is 12.8 Å². The number of hydrogen-bond donors (Lipinski definition) is 2. The minimum absolute atomic E-state index is 0.0639. The molecule has 32 heavy (non-hydrogen) atoms. The fourth-order valence-electron chi connectivity index (χ4n) is 3.82. The Kier molecular flexibility index (Phi) is 6.39. The molecule has 1 aliphatic rings. The molecule has 3 aromatic rings. The van der Waals surface area contributed by atoms with Gasteiger partial charge in [-0.25, -0.2) is 0 Å². The molecule has 1 aromatic heterocycles. The van der Waals surface area contributed by atoms with Gasteiger partial charge in [-0.15, -0.1) is 0 Å². The van der Waals surface area contributed by atoms with Crippen molar-refractivity contribution in [3.8, 4) is 5.75 Å². The second-order valence-electron chi connectivity index (χ2n) is 7.72. The molecule has 1 aliphatic heterocycles. The Morgan fingerprint density at radius 1 is 0.938 bits per heavy atom. The first-order valence-corrected chi connectivity index (χ1v) is 10.6. The third-order valence-electron chi connectivity index (χ3n) is 5.60. The van der Waals surface area contributed by atoms with Crippen LogP contribution < -0.4 is 10.1 Å². The number of methoxy groups -OCH3 is 1. The van der Waals surface area contributed by atoms with Crippen LogP contribution in [-0.4, -0.2) is 65.8 Å². The van der Waals surface area contributed by atoms with E-state index in [0.717, 1.165) is 10.9 Å². The van der Waals surface area contributed by atoms with Crippen LogP contribution in [0.5, 0.6) is 5.75 Å². The predicted molar refractivity (Wildman–Crippen MR) is 122 cm³/mol. The van der Waals surface area contributed by atoms with Gasteiger partial charge in [0, 0.05) is 61.7 Å². The highest BCUT2D eigenvalue weighted by Crippen LogP contribution is 2.18. The highest BCUT2D eigenvalue weighted by molar-refractivity contribution is 5.98. The van der Waals surface area contributed by atoms with Gasteiger partial charge in [-0.05, 0) is 24.3 Å². The van der Waals surface area contributed by atoms with Crippen molar-refractivity contribution >= 4 is 34.3 Å². The number of para-hydroxylation sites is 1. The molecule has 2 aromatic carbocycles. The summed E-state index contributed by atoms with van der Waals surface area (Å²) in [5.74, 6) is 0.285. The Hall–Kier alpha value is -3.81. The van der Waals surface area contributed by atoms with Crippen molar-refractivity contribution in [3.05, 3.63) is 60.3 Å². The number of amides is 3. The van der Waals surface area contributed by atoms with E-state index in [1.165, 1.54) is 0 Å². The average molecular weight is 434 g/mol. The van der Waals surface area contributed by atoms with Gasteiger partial charge in [0.05, 0.1) is 7.11 Å². The standard InChI is InChI=1S/C24H26N4O4/c1-32-19-7-4-6-18(16-19)25-22(29)9-10-23(30)27-11-13-28(14-12-27)24(31)21-15-17-5-2-3-8-20(17)26-21/h2-8,15-16,26H,9-14H2,1H3,(H,25,29). The zero-order chi connectivity index (χ0) is 22.5. The van der Waals surface area contributed by atoms with Gasteiger partial charge in [-0.3, -0.25) is 14.4 Å². The molecular formula is C24H26N4O4. The first-order chi connectivity index (χ1) is 15.5. The fourth-order valence-corrected chi connectivity index (χ4v) is 3.82. The number of carbonyl (C=O) groups is 3.